The molecule has 78 valence electrons. The third-order valence-electron chi connectivity index (χ3n) is 2.73. The van der Waals surface area contributed by atoms with Gasteiger partial charge in [0, 0.05) is 50.0 Å². The van der Waals surface area contributed by atoms with Crippen molar-refractivity contribution in [2.75, 3.05) is 31.1 Å². The molecule has 1 aliphatic heterocycles. The molecule has 1 aliphatic rings. The molecule has 0 aromatic carbocycles. The van der Waals surface area contributed by atoms with Crippen molar-refractivity contribution >= 4 is 16.9 Å². The van der Waals surface area contributed by atoms with Crippen LogP contribution in [0.15, 0.2) is 28.9 Å². The molecule has 1 N–H and O–H groups in total. The van der Waals surface area contributed by atoms with E-state index in [-0.39, 0.29) is 0 Å². The molecule has 0 aliphatic carbocycles. The summed E-state index contributed by atoms with van der Waals surface area (Å²) in [6.45, 7) is 4.06. The number of hydrogen-bond acceptors (Lipinski definition) is 4. The van der Waals surface area contributed by atoms with Gasteiger partial charge in [0.05, 0.1) is 0 Å². The van der Waals surface area contributed by atoms with E-state index in [9.17, 15) is 0 Å². The van der Waals surface area contributed by atoms with E-state index in [1.54, 1.807) is 6.20 Å². The molecule has 0 unspecified atom stereocenters. The highest BCUT2D eigenvalue weighted by Crippen LogP contribution is 2.25. The van der Waals surface area contributed by atoms with Gasteiger partial charge in [-0.25, -0.2) is 0 Å². The van der Waals surface area contributed by atoms with E-state index in [1.807, 2.05) is 12.3 Å². The van der Waals surface area contributed by atoms with Crippen LogP contribution in [-0.4, -0.2) is 31.2 Å². The maximum Gasteiger partial charge on any atom is 0.196 e. The number of fused-ring (bicyclic) bond motifs is 1. The second-order valence-electron chi connectivity index (χ2n) is 3.74. The van der Waals surface area contributed by atoms with Crippen LogP contribution in [0.2, 0.25) is 0 Å². The second kappa shape index (κ2) is 3.55. The fourth-order valence-corrected chi connectivity index (χ4v) is 1.91. The van der Waals surface area contributed by atoms with Crippen molar-refractivity contribution in [2.45, 2.75) is 0 Å². The maximum atomic E-state index is 5.77. The smallest absolute Gasteiger partial charge is 0.196 e. The highest BCUT2D eigenvalue weighted by atomic mass is 16.4. The van der Waals surface area contributed by atoms with Gasteiger partial charge in [-0.1, -0.05) is 0 Å². The molecule has 0 bridgehead atoms. The Kier molecular flexibility index (Phi) is 2.07. The van der Waals surface area contributed by atoms with Crippen molar-refractivity contribution < 1.29 is 4.42 Å². The molecule has 4 heteroatoms. The molecule has 4 nitrogen and oxygen atoms in total. The van der Waals surface area contributed by atoms with Gasteiger partial charge < -0.3 is 14.6 Å². The average molecular weight is 203 g/mol. The fourth-order valence-electron chi connectivity index (χ4n) is 1.91. The zero-order valence-electron chi connectivity index (χ0n) is 8.44. The van der Waals surface area contributed by atoms with Crippen LogP contribution in [0.25, 0.3) is 11.0 Å². The lowest BCUT2D eigenvalue weighted by molar-refractivity contribution is 0.527. The number of aromatic nitrogens is 1. The topological polar surface area (TPSA) is 41.3 Å². The predicted octanol–water partition coefficient (Wildman–Crippen LogP) is 1.24. The highest BCUT2D eigenvalue weighted by molar-refractivity contribution is 5.79. The Hall–Kier alpha value is -1.55. The lowest BCUT2D eigenvalue weighted by Gasteiger charge is -2.26. The number of pyridine rings is 1. The number of nitrogens with one attached hydrogen (secondary N) is 1. The predicted molar refractivity (Wildman–Crippen MR) is 59.1 cm³/mol. The van der Waals surface area contributed by atoms with E-state index in [0.29, 0.717) is 0 Å². The zero-order valence-corrected chi connectivity index (χ0v) is 8.44. The first-order chi connectivity index (χ1) is 7.43. The van der Waals surface area contributed by atoms with Crippen molar-refractivity contribution in [3.8, 4) is 0 Å². The van der Waals surface area contributed by atoms with Gasteiger partial charge in [0.15, 0.2) is 5.88 Å². The summed E-state index contributed by atoms with van der Waals surface area (Å²) in [4.78, 5) is 6.34. The minimum Gasteiger partial charge on any atom is -0.440 e. The summed E-state index contributed by atoms with van der Waals surface area (Å²) in [6.07, 6.45) is 3.60. The molecule has 0 amide bonds. The summed E-state index contributed by atoms with van der Waals surface area (Å²) in [7, 11) is 0. The minimum atomic E-state index is 0.915. The highest BCUT2D eigenvalue weighted by Gasteiger charge is 2.14. The minimum absolute atomic E-state index is 0.915. The first kappa shape index (κ1) is 8.73. The normalized spacial score (nSPS) is 17.2. The van der Waals surface area contributed by atoms with E-state index in [2.05, 4.69) is 21.3 Å². The van der Waals surface area contributed by atoms with Gasteiger partial charge in [0.1, 0.15) is 5.58 Å². The third-order valence-corrected chi connectivity index (χ3v) is 2.73. The van der Waals surface area contributed by atoms with E-state index in [1.165, 1.54) is 0 Å². The third kappa shape index (κ3) is 1.57. The van der Waals surface area contributed by atoms with Crippen molar-refractivity contribution in [3.05, 3.63) is 24.5 Å². The lowest BCUT2D eigenvalue weighted by Crippen LogP contribution is -2.43. The molecule has 0 atom stereocenters. The Labute approximate surface area is 87.9 Å². The second-order valence-corrected chi connectivity index (χ2v) is 3.74. The number of hydrogen-bond donors (Lipinski definition) is 1. The van der Waals surface area contributed by atoms with Gasteiger partial charge in [-0.2, -0.15) is 0 Å². The van der Waals surface area contributed by atoms with Crippen LogP contribution in [0, 0.1) is 0 Å². The number of nitrogens with zero attached hydrogens (tertiary/aromatic N) is 2. The van der Waals surface area contributed by atoms with Gasteiger partial charge in [0.2, 0.25) is 0 Å². The van der Waals surface area contributed by atoms with Crippen LogP contribution in [0.4, 0.5) is 5.88 Å². The molecular formula is C11H13N3O. The summed E-state index contributed by atoms with van der Waals surface area (Å²) in [6, 6.07) is 3.97. The van der Waals surface area contributed by atoms with E-state index in [0.717, 1.165) is 43.0 Å². The SMILES string of the molecule is c1cc2oc(N3CCNCC3)cc2cn1. The van der Waals surface area contributed by atoms with Crippen molar-refractivity contribution in [1.29, 1.82) is 0 Å². The van der Waals surface area contributed by atoms with Gasteiger partial charge in [0.25, 0.3) is 0 Å². The molecule has 0 spiro atoms. The first-order valence-electron chi connectivity index (χ1n) is 5.23. The molecule has 0 saturated carbocycles. The number of anilines is 1. The van der Waals surface area contributed by atoms with Crippen LogP contribution >= 0.6 is 0 Å². The van der Waals surface area contributed by atoms with E-state index < -0.39 is 0 Å². The molecule has 1 saturated heterocycles. The van der Waals surface area contributed by atoms with Gasteiger partial charge in [-0.05, 0) is 6.07 Å². The number of piperazine rings is 1. The summed E-state index contributed by atoms with van der Waals surface area (Å²) in [5.41, 5.74) is 0.915. The molecule has 3 rings (SSSR count). The molecule has 3 heterocycles. The van der Waals surface area contributed by atoms with Gasteiger partial charge >= 0.3 is 0 Å². The first-order valence-corrected chi connectivity index (χ1v) is 5.23. The molecule has 2 aromatic heterocycles. The average Bonchev–Trinajstić information content (AvgIpc) is 2.74. The van der Waals surface area contributed by atoms with Gasteiger partial charge in [-0.15, -0.1) is 0 Å². The lowest BCUT2D eigenvalue weighted by atomic mass is 10.3. The molecule has 1 fully saturated rings. The molecule has 2 aromatic rings. The molecule has 15 heavy (non-hydrogen) atoms. The summed E-state index contributed by atoms with van der Waals surface area (Å²) >= 11 is 0. The summed E-state index contributed by atoms with van der Waals surface area (Å²) in [5.74, 6) is 0.958. The maximum absolute atomic E-state index is 5.77. The standard InChI is InChI=1S/C11H13N3O/c1-2-13-8-9-7-11(15-10(1)9)14-5-3-12-4-6-14/h1-2,7-8,12H,3-6H2. The summed E-state index contributed by atoms with van der Waals surface area (Å²) < 4.78 is 5.77. The Bertz CT molecular complexity index is 427. The fraction of sp³-hybridized carbons (Fsp3) is 0.364. The largest absolute Gasteiger partial charge is 0.440 e. The Morgan fingerprint density at radius 3 is 3.00 bits per heavy atom. The Morgan fingerprint density at radius 2 is 2.20 bits per heavy atom. The van der Waals surface area contributed by atoms with Crippen LogP contribution < -0.4 is 10.2 Å². The van der Waals surface area contributed by atoms with E-state index >= 15 is 0 Å². The number of rotatable bonds is 1. The van der Waals surface area contributed by atoms with Gasteiger partial charge in [-0.3, -0.25) is 4.98 Å². The monoisotopic (exact) mass is 203 g/mol. The van der Waals surface area contributed by atoms with Crippen molar-refractivity contribution in [1.82, 2.24) is 10.3 Å². The molecular weight excluding hydrogens is 190 g/mol. The molecule has 0 radical (unpaired) electrons. The van der Waals surface area contributed by atoms with Crippen LogP contribution in [0.5, 0.6) is 0 Å². The van der Waals surface area contributed by atoms with Crippen LogP contribution in [0.3, 0.4) is 0 Å². The number of furan rings is 1. The Balaban J connectivity index is 1.96. The Morgan fingerprint density at radius 1 is 1.33 bits per heavy atom. The summed E-state index contributed by atoms with van der Waals surface area (Å²) in [5, 5.41) is 4.40. The zero-order chi connectivity index (χ0) is 10.1. The van der Waals surface area contributed by atoms with E-state index in [4.69, 9.17) is 4.42 Å². The van der Waals surface area contributed by atoms with Crippen molar-refractivity contribution in [2.24, 2.45) is 0 Å². The van der Waals surface area contributed by atoms with Crippen LogP contribution in [0.1, 0.15) is 0 Å². The van der Waals surface area contributed by atoms with Crippen molar-refractivity contribution in [3.63, 3.8) is 0 Å². The van der Waals surface area contributed by atoms with Crippen LogP contribution in [-0.2, 0) is 0 Å². The quantitative estimate of drug-likeness (QED) is 0.757.